The lowest BCUT2D eigenvalue weighted by molar-refractivity contribution is -0.118. The Kier molecular flexibility index (Phi) is 7.07. The van der Waals surface area contributed by atoms with E-state index in [9.17, 15) is 13.2 Å². The van der Waals surface area contributed by atoms with E-state index in [1.54, 1.807) is 24.3 Å². The van der Waals surface area contributed by atoms with Crippen LogP contribution in [-0.4, -0.2) is 45.8 Å². The standard InChI is InChI=1S/C17H27N3O4S/c1-13(2)24-16-7-5-15(6-8-16)20-25(22,23)12-17(21)19-11-14-4-3-9-18-10-14/h5-8,13-14,18,20H,3-4,9-12H2,1-2H3,(H,19,21). The molecule has 1 aromatic rings. The normalized spacial score (nSPS) is 18.0. The van der Waals surface area contributed by atoms with E-state index in [2.05, 4.69) is 15.4 Å². The Morgan fingerprint density at radius 2 is 2.04 bits per heavy atom. The van der Waals surface area contributed by atoms with Crippen molar-refractivity contribution in [2.45, 2.75) is 32.8 Å². The van der Waals surface area contributed by atoms with Crippen molar-refractivity contribution in [2.75, 3.05) is 30.1 Å². The number of anilines is 1. The lowest BCUT2D eigenvalue weighted by Crippen LogP contribution is -2.40. The Morgan fingerprint density at radius 1 is 1.32 bits per heavy atom. The summed E-state index contributed by atoms with van der Waals surface area (Å²) in [6.45, 7) is 6.19. The molecule has 0 spiro atoms. The first-order chi connectivity index (χ1) is 11.8. The zero-order valence-corrected chi connectivity index (χ0v) is 15.6. The molecule has 0 saturated carbocycles. The van der Waals surface area contributed by atoms with Gasteiger partial charge < -0.3 is 15.4 Å². The van der Waals surface area contributed by atoms with Crippen LogP contribution in [0.3, 0.4) is 0 Å². The lowest BCUT2D eigenvalue weighted by Gasteiger charge is -2.22. The van der Waals surface area contributed by atoms with Crippen LogP contribution >= 0.6 is 0 Å². The number of carbonyl (C=O) groups is 1. The molecule has 25 heavy (non-hydrogen) atoms. The van der Waals surface area contributed by atoms with Gasteiger partial charge in [0.1, 0.15) is 11.5 Å². The molecular weight excluding hydrogens is 342 g/mol. The average Bonchev–Trinajstić information content (AvgIpc) is 2.54. The summed E-state index contributed by atoms with van der Waals surface area (Å²) in [6, 6.07) is 6.60. The van der Waals surface area contributed by atoms with Gasteiger partial charge in [0.15, 0.2) is 0 Å². The van der Waals surface area contributed by atoms with Crippen LogP contribution in [0, 0.1) is 5.92 Å². The molecule has 1 aliphatic rings. The third-order valence-electron chi connectivity index (χ3n) is 3.81. The van der Waals surface area contributed by atoms with Crippen molar-refractivity contribution in [3.63, 3.8) is 0 Å². The number of sulfonamides is 1. The molecule has 1 aromatic carbocycles. The second kappa shape index (κ2) is 9.05. The van der Waals surface area contributed by atoms with E-state index in [0.29, 0.717) is 23.9 Å². The molecule has 1 fully saturated rings. The fourth-order valence-corrected chi connectivity index (χ4v) is 3.68. The van der Waals surface area contributed by atoms with E-state index in [1.165, 1.54) is 0 Å². The van der Waals surface area contributed by atoms with Crippen molar-refractivity contribution in [1.29, 1.82) is 0 Å². The largest absolute Gasteiger partial charge is 0.491 e. The number of piperidine rings is 1. The lowest BCUT2D eigenvalue weighted by atomic mass is 10.00. The van der Waals surface area contributed by atoms with Crippen molar-refractivity contribution in [3.05, 3.63) is 24.3 Å². The smallest absolute Gasteiger partial charge is 0.241 e. The molecule has 140 valence electrons. The molecule has 0 aromatic heterocycles. The molecule has 3 N–H and O–H groups in total. The van der Waals surface area contributed by atoms with Gasteiger partial charge in [-0.1, -0.05) is 0 Å². The Morgan fingerprint density at radius 3 is 2.64 bits per heavy atom. The SMILES string of the molecule is CC(C)Oc1ccc(NS(=O)(=O)CC(=O)NCC2CCCNC2)cc1. The topological polar surface area (TPSA) is 96.5 Å². The number of benzene rings is 1. The highest BCUT2D eigenvalue weighted by Gasteiger charge is 2.19. The van der Waals surface area contributed by atoms with E-state index >= 15 is 0 Å². The number of rotatable bonds is 8. The van der Waals surface area contributed by atoms with Gasteiger partial charge in [0.05, 0.1) is 6.10 Å². The number of ether oxygens (including phenoxy) is 1. The van der Waals surface area contributed by atoms with Crippen molar-refractivity contribution in [2.24, 2.45) is 5.92 Å². The maximum atomic E-state index is 12.1. The Hall–Kier alpha value is -1.80. The third-order valence-corrected chi connectivity index (χ3v) is 5.00. The maximum Gasteiger partial charge on any atom is 0.241 e. The summed E-state index contributed by atoms with van der Waals surface area (Å²) in [7, 11) is -3.74. The van der Waals surface area contributed by atoms with Crippen molar-refractivity contribution < 1.29 is 17.9 Å². The molecule has 1 heterocycles. The van der Waals surface area contributed by atoms with Crippen LogP contribution in [0.5, 0.6) is 5.75 Å². The molecule has 7 nitrogen and oxygen atoms in total. The Bertz CT molecular complexity index is 653. The van der Waals surface area contributed by atoms with E-state index < -0.39 is 21.7 Å². The fraction of sp³-hybridized carbons (Fsp3) is 0.588. The van der Waals surface area contributed by atoms with Crippen molar-refractivity contribution >= 4 is 21.6 Å². The van der Waals surface area contributed by atoms with Crippen LogP contribution in [0.15, 0.2) is 24.3 Å². The quantitative estimate of drug-likeness (QED) is 0.642. The molecule has 2 rings (SSSR count). The minimum Gasteiger partial charge on any atom is -0.491 e. The fourth-order valence-electron chi connectivity index (χ4n) is 2.67. The first-order valence-electron chi connectivity index (χ1n) is 8.59. The predicted molar refractivity (Wildman–Crippen MR) is 98.2 cm³/mol. The van der Waals surface area contributed by atoms with Gasteiger partial charge in [-0.05, 0) is 70.0 Å². The molecule has 8 heteroatoms. The van der Waals surface area contributed by atoms with Gasteiger partial charge in [-0.25, -0.2) is 8.42 Å². The highest BCUT2D eigenvalue weighted by molar-refractivity contribution is 7.93. The van der Waals surface area contributed by atoms with Crippen LogP contribution in [-0.2, 0) is 14.8 Å². The van der Waals surface area contributed by atoms with Gasteiger partial charge in [0.25, 0.3) is 0 Å². The van der Waals surface area contributed by atoms with E-state index in [4.69, 9.17) is 4.74 Å². The highest BCUT2D eigenvalue weighted by Crippen LogP contribution is 2.18. The maximum absolute atomic E-state index is 12.1. The average molecular weight is 369 g/mol. The Labute approximate surface area is 149 Å². The number of nitrogens with one attached hydrogen (secondary N) is 3. The van der Waals surface area contributed by atoms with Crippen LogP contribution in [0.25, 0.3) is 0 Å². The van der Waals surface area contributed by atoms with Crippen LogP contribution in [0.4, 0.5) is 5.69 Å². The molecule has 0 radical (unpaired) electrons. The summed E-state index contributed by atoms with van der Waals surface area (Å²) in [4.78, 5) is 11.9. The number of amides is 1. The van der Waals surface area contributed by atoms with Crippen LogP contribution in [0.1, 0.15) is 26.7 Å². The summed E-state index contributed by atoms with van der Waals surface area (Å²) in [5.74, 6) is -0.0475. The minimum absolute atomic E-state index is 0.0469. The van der Waals surface area contributed by atoms with Crippen LogP contribution in [0.2, 0.25) is 0 Å². The highest BCUT2D eigenvalue weighted by atomic mass is 32.2. The zero-order valence-electron chi connectivity index (χ0n) is 14.7. The van der Waals surface area contributed by atoms with Gasteiger partial charge in [0, 0.05) is 12.2 Å². The zero-order chi connectivity index (χ0) is 18.3. The van der Waals surface area contributed by atoms with Gasteiger partial charge >= 0.3 is 0 Å². The summed E-state index contributed by atoms with van der Waals surface area (Å²) in [5.41, 5.74) is 0.403. The summed E-state index contributed by atoms with van der Waals surface area (Å²) < 4.78 is 32.1. The molecule has 0 bridgehead atoms. The molecule has 1 saturated heterocycles. The second-order valence-corrected chi connectivity index (χ2v) is 8.29. The first-order valence-corrected chi connectivity index (χ1v) is 10.2. The number of hydrogen-bond acceptors (Lipinski definition) is 5. The van der Waals surface area contributed by atoms with Gasteiger partial charge in [-0.3, -0.25) is 9.52 Å². The molecule has 1 amide bonds. The van der Waals surface area contributed by atoms with E-state index in [1.807, 2.05) is 13.8 Å². The van der Waals surface area contributed by atoms with Gasteiger partial charge in [0.2, 0.25) is 15.9 Å². The summed E-state index contributed by atoms with van der Waals surface area (Å²) >= 11 is 0. The van der Waals surface area contributed by atoms with E-state index in [-0.39, 0.29) is 6.10 Å². The Balaban J connectivity index is 1.80. The van der Waals surface area contributed by atoms with E-state index in [0.717, 1.165) is 25.9 Å². The number of carbonyl (C=O) groups excluding carboxylic acids is 1. The van der Waals surface area contributed by atoms with Crippen molar-refractivity contribution in [1.82, 2.24) is 10.6 Å². The van der Waals surface area contributed by atoms with Crippen molar-refractivity contribution in [3.8, 4) is 5.75 Å². The monoisotopic (exact) mass is 369 g/mol. The van der Waals surface area contributed by atoms with Gasteiger partial charge in [-0.15, -0.1) is 0 Å². The van der Waals surface area contributed by atoms with Crippen LogP contribution < -0.4 is 20.1 Å². The molecule has 1 unspecified atom stereocenters. The second-order valence-electron chi connectivity index (χ2n) is 6.57. The predicted octanol–water partition coefficient (Wildman–Crippen LogP) is 1.33. The summed E-state index contributed by atoms with van der Waals surface area (Å²) in [6.07, 6.45) is 2.17. The molecule has 1 atom stereocenters. The van der Waals surface area contributed by atoms with Gasteiger partial charge in [-0.2, -0.15) is 0 Å². The summed E-state index contributed by atoms with van der Waals surface area (Å²) in [5, 5.41) is 5.97. The molecular formula is C17H27N3O4S. The number of hydrogen-bond donors (Lipinski definition) is 3. The first kappa shape index (κ1) is 19.5. The minimum atomic E-state index is -3.74. The molecule has 0 aliphatic carbocycles. The third kappa shape index (κ3) is 7.31. The molecule has 1 aliphatic heterocycles.